The quantitative estimate of drug-likeness (QED) is 0.879. The first-order valence-corrected chi connectivity index (χ1v) is 7.37. The predicted molar refractivity (Wildman–Crippen MR) is 82.8 cm³/mol. The number of β-amino-alcohol motifs (C(OH)–C–C–N with tert-alkyl or cyclic N) is 1. The number of alkyl halides is 1. The van der Waals surface area contributed by atoms with Crippen molar-refractivity contribution in [1.29, 1.82) is 0 Å². The van der Waals surface area contributed by atoms with Crippen LogP contribution >= 0.6 is 0 Å². The third-order valence-corrected chi connectivity index (χ3v) is 4.37. The minimum absolute atomic E-state index is 0.0354. The standard InChI is InChI=1S/C17H19FN2O2/c1-9-4-5-12-13(6-10(2)19-16(12)11(9)3)17(22)20-7-14(18)15(21)8-20/h4-6,14-15,21H,7-8H2,1-3H3/t14-,15-/m1/s1. The maximum atomic E-state index is 13.5. The molecular weight excluding hydrogens is 283 g/mol. The number of likely N-dealkylation sites (tertiary alicyclic amines) is 1. The highest BCUT2D eigenvalue weighted by atomic mass is 19.1. The first-order chi connectivity index (χ1) is 10.4. The number of pyridine rings is 1. The normalized spacial score (nSPS) is 21.6. The zero-order chi connectivity index (χ0) is 16.0. The Morgan fingerprint density at radius 1 is 1.32 bits per heavy atom. The van der Waals surface area contributed by atoms with Gasteiger partial charge in [-0.05, 0) is 38.0 Å². The van der Waals surface area contributed by atoms with Crippen molar-refractivity contribution < 1.29 is 14.3 Å². The summed E-state index contributed by atoms with van der Waals surface area (Å²) in [4.78, 5) is 18.6. The van der Waals surface area contributed by atoms with Gasteiger partial charge in [0.05, 0.1) is 17.6 Å². The molecule has 1 N–H and O–H groups in total. The molecule has 1 saturated heterocycles. The van der Waals surface area contributed by atoms with Gasteiger partial charge in [-0.15, -0.1) is 0 Å². The second kappa shape index (κ2) is 5.32. The van der Waals surface area contributed by atoms with Gasteiger partial charge >= 0.3 is 0 Å². The Bertz CT molecular complexity index is 750. The number of rotatable bonds is 1. The molecule has 0 radical (unpaired) electrons. The first kappa shape index (κ1) is 14.9. The van der Waals surface area contributed by atoms with Crippen LogP contribution in [0, 0.1) is 20.8 Å². The Kier molecular flexibility index (Phi) is 3.60. The van der Waals surface area contributed by atoms with Crippen molar-refractivity contribution in [3.8, 4) is 0 Å². The molecule has 0 unspecified atom stereocenters. The molecule has 116 valence electrons. The summed E-state index contributed by atoms with van der Waals surface area (Å²) in [7, 11) is 0. The maximum Gasteiger partial charge on any atom is 0.254 e. The molecule has 3 rings (SSSR count). The Morgan fingerprint density at radius 2 is 2.05 bits per heavy atom. The SMILES string of the molecule is Cc1cc(C(=O)N2C[C@@H](O)[C@H](F)C2)c2ccc(C)c(C)c2n1. The number of amides is 1. The van der Waals surface area contributed by atoms with Crippen molar-refractivity contribution in [2.75, 3.05) is 13.1 Å². The molecule has 5 heteroatoms. The van der Waals surface area contributed by atoms with Crippen LogP contribution in [0.25, 0.3) is 10.9 Å². The van der Waals surface area contributed by atoms with E-state index in [0.717, 1.165) is 27.7 Å². The van der Waals surface area contributed by atoms with Gasteiger partial charge in [-0.2, -0.15) is 0 Å². The number of carbonyl (C=O) groups is 1. The number of nitrogens with zero attached hydrogens (tertiary/aromatic N) is 2. The molecule has 1 amide bonds. The van der Waals surface area contributed by atoms with Crippen molar-refractivity contribution in [1.82, 2.24) is 9.88 Å². The van der Waals surface area contributed by atoms with Gasteiger partial charge in [0.25, 0.3) is 5.91 Å². The van der Waals surface area contributed by atoms with E-state index in [2.05, 4.69) is 4.98 Å². The molecule has 1 fully saturated rings. The van der Waals surface area contributed by atoms with Gasteiger partial charge in [0.2, 0.25) is 0 Å². The van der Waals surface area contributed by atoms with Crippen LogP contribution in [0.3, 0.4) is 0 Å². The van der Waals surface area contributed by atoms with E-state index in [4.69, 9.17) is 0 Å². The molecule has 0 bridgehead atoms. The van der Waals surface area contributed by atoms with E-state index < -0.39 is 12.3 Å². The summed E-state index contributed by atoms with van der Waals surface area (Å²) >= 11 is 0. The van der Waals surface area contributed by atoms with Crippen LogP contribution < -0.4 is 0 Å². The zero-order valence-corrected chi connectivity index (χ0v) is 12.9. The Hall–Kier alpha value is -2.01. The average Bonchev–Trinajstić information content (AvgIpc) is 2.81. The maximum absolute atomic E-state index is 13.5. The number of benzene rings is 1. The van der Waals surface area contributed by atoms with Gasteiger partial charge < -0.3 is 10.0 Å². The highest BCUT2D eigenvalue weighted by molar-refractivity contribution is 6.07. The molecule has 1 aliphatic rings. The molecule has 1 aliphatic heterocycles. The van der Waals surface area contributed by atoms with Gasteiger partial charge in [-0.3, -0.25) is 9.78 Å². The lowest BCUT2D eigenvalue weighted by Crippen LogP contribution is -2.30. The number of fused-ring (bicyclic) bond motifs is 1. The van der Waals surface area contributed by atoms with Crippen LogP contribution in [0.5, 0.6) is 0 Å². The zero-order valence-electron chi connectivity index (χ0n) is 12.9. The molecular formula is C17H19FN2O2. The fraction of sp³-hybridized carbons (Fsp3) is 0.412. The molecule has 2 aromatic rings. The molecule has 2 atom stereocenters. The second-order valence-corrected chi connectivity index (χ2v) is 6.01. The minimum Gasteiger partial charge on any atom is -0.388 e. The van der Waals surface area contributed by atoms with E-state index in [0.29, 0.717) is 5.56 Å². The summed E-state index contributed by atoms with van der Waals surface area (Å²) in [5.74, 6) is -0.252. The number of carbonyl (C=O) groups excluding carboxylic acids is 1. The van der Waals surface area contributed by atoms with Gasteiger partial charge in [-0.25, -0.2) is 4.39 Å². The fourth-order valence-corrected chi connectivity index (χ4v) is 2.92. The lowest BCUT2D eigenvalue weighted by Gasteiger charge is -2.17. The first-order valence-electron chi connectivity index (χ1n) is 7.37. The molecule has 0 aliphatic carbocycles. The van der Waals surface area contributed by atoms with Gasteiger partial charge in [0, 0.05) is 17.6 Å². The monoisotopic (exact) mass is 302 g/mol. The van der Waals surface area contributed by atoms with Crippen molar-refractivity contribution in [3.05, 3.63) is 40.6 Å². The number of halogens is 1. The van der Waals surface area contributed by atoms with E-state index >= 15 is 0 Å². The van der Waals surface area contributed by atoms with E-state index in [9.17, 15) is 14.3 Å². The molecule has 22 heavy (non-hydrogen) atoms. The topological polar surface area (TPSA) is 53.4 Å². The van der Waals surface area contributed by atoms with Crippen LogP contribution in [-0.2, 0) is 0 Å². The van der Waals surface area contributed by atoms with E-state index in [1.54, 1.807) is 6.07 Å². The molecule has 4 nitrogen and oxygen atoms in total. The number of aromatic nitrogens is 1. The van der Waals surface area contributed by atoms with Crippen molar-refractivity contribution in [2.24, 2.45) is 0 Å². The van der Waals surface area contributed by atoms with Gasteiger partial charge in [0.1, 0.15) is 12.3 Å². The third-order valence-electron chi connectivity index (χ3n) is 4.37. The van der Waals surface area contributed by atoms with Crippen LogP contribution in [0.1, 0.15) is 27.2 Å². The largest absolute Gasteiger partial charge is 0.388 e. The number of aliphatic hydroxyl groups is 1. The highest BCUT2D eigenvalue weighted by Crippen LogP contribution is 2.26. The van der Waals surface area contributed by atoms with Gasteiger partial charge in [0.15, 0.2) is 0 Å². The summed E-state index contributed by atoms with van der Waals surface area (Å²) in [6, 6.07) is 5.58. The molecule has 1 aromatic heterocycles. The number of hydrogen-bond acceptors (Lipinski definition) is 3. The van der Waals surface area contributed by atoms with Crippen molar-refractivity contribution >= 4 is 16.8 Å². The van der Waals surface area contributed by atoms with Crippen LogP contribution in [0.4, 0.5) is 4.39 Å². The molecule has 0 saturated carbocycles. The summed E-state index contributed by atoms with van der Waals surface area (Å²) in [6.07, 6.45) is -2.47. The number of aryl methyl sites for hydroxylation is 3. The van der Waals surface area contributed by atoms with Crippen LogP contribution in [0.15, 0.2) is 18.2 Å². The van der Waals surface area contributed by atoms with E-state index in [-0.39, 0.29) is 19.0 Å². The lowest BCUT2D eigenvalue weighted by atomic mass is 10.0. The third kappa shape index (κ3) is 2.35. The number of hydrogen-bond donors (Lipinski definition) is 1. The van der Waals surface area contributed by atoms with Crippen LogP contribution in [-0.4, -0.2) is 46.3 Å². The van der Waals surface area contributed by atoms with E-state index in [1.165, 1.54) is 4.90 Å². The molecule has 0 spiro atoms. The lowest BCUT2D eigenvalue weighted by molar-refractivity contribution is 0.0766. The molecule has 1 aromatic carbocycles. The summed E-state index contributed by atoms with van der Waals surface area (Å²) in [6.45, 7) is 5.80. The van der Waals surface area contributed by atoms with E-state index in [1.807, 2.05) is 32.9 Å². The van der Waals surface area contributed by atoms with Crippen LogP contribution in [0.2, 0.25) is 0 Å². The smallest absolute Gasteiger partial charge is 0.254 e. The predicted octanol–water partition coefficient (Wildman–Crippen LogP) is 2.31. The minimum atomic E-state index is -1.37. The van der Waals surface area contributed by atoms with Crippen molar-refractivity contribution in [3.63, 3.8) is 0 Å². The summed E-state index contributed by atoms with van der Waals surface area (Å²) in [5.41, 5.74) is 4.23. The second-order valence-electron chi connectivity index (χ2n) is 6.01. The Balaban J connectivity index is 2.11. The van der Waals surface area contributed by atoms with Gasteiger partial charge in [-0.1, -0.05) is 12.1 Å². The molecule has 2 heterocycles. The van der Waals surface area contributed by atoms with Crippen molar-refractivity contribution in [2.45, 2.75) is 33.0 Å². The average molecular weight is 302 g/mol. The Morgan fingerprint density at radius 3 is 2.68 bits per heavy atom. The highest BCUT2D eigenvalue weighted by Gasteiger charge is 2.35. The fourth-order valence-electron chi connectivity index (χ4n) is 2.92. The number of aliphatic hydroxyl groups excluding tert-OH is 1. The Labute approximate surface area is 128 Å². The summed E-state index contributed by atoms with van der Waals surface area (Å²) < 4.78 is 13.5. The summed E-state index contributed by atoms with van der Waals surface area (Å²) in [5, 5.41) is 10.3.